The van der Waals surface area contributed by atoms with Crippen LogP contribution in [0.25, 0.3) is 5.65 Å². The molecule has 0 radical (unpaired) electrons. The third-order valence-electron chi connectivity index (χ3n) is 4.17. The van der Waals surface area contributed by atoms with Gasteiger partial charge in [0.2, 0.25) is 0 Å². The standard InChI is InChI=1S/C15H16ClF3N4O/c1-9-12(14(24)22-5-3-21(2)4-6-22)23-8-10(15(17,18)19)7-11(16)13(23)20-9/h7-8H,3-6H2,1-2H3. The van der Waals surface area contributed by atoms with E-state index in [4.69, 9.17) is 11.6 Å². The summed E-state index contributed by atoms with van der Waals surface area (Å²) in [6.45, 7) is 4.08. The molecule has 1 amide bonds. The van der Waals surface area contributed by atoms with Crippen LogP contribution in [-0.4, -0.2) is 58.3 Å². The van der Waals surface area contributed by atoms with E-state index in [0.717, 1.165) is 29.8 Å². The summed E-state index contributed by atoms with van der Waals surface area (Å²) < 4.78 is 40.3. The van der Waals surface area contributed by atoms with Crippen molar-refractivity contribution < 1.29 is 18.0 Å². The fraction of sp³-hybridized carbons (Fsp3) is 0.467. The van der Waals surface area contributed by atoms with E-state index in [1.54, 1.807) is 11.8 Å². The number of piperazine rings is 1. The molecule has 0 N–H and O–H groups in total. The number of carbonyl (C=O) groups excluding carboxylic acids is 1. The van der Waals surface area contributed by atoms with Crippen LogP contribution < -0.4 is 0 Å². The van der Waals surface area contributed by atoms with E-state index in [-0.39, 0.29) is 22.3 Å². The van der Waals surface area contributed by atoms with E-state index < -0.39 is 11.7 Å². The predicted octanol–water partition coefficient (Wildman–Crippen LogP) is 2.70. The molecule has 130 valence electrons. The highest BCUT2D eigenvalue weighted by atomic mass is 35.5. The number of imidazole rings is 1. The van der Waals surface area contributed by atoms with Crippen molar-refractivity contribution in [1.29, 1.82) is 0 Å². The first kappa shape index (κ1) is 17.0. The van der Waals surface area contributed by atoms with Gasteiger partial charge in [-0.25, -0.2) is 4.98 Å². The van der Waals surface area contributed by atoms with E-state index in [0.29, 0.717) is 18.8 Å². The van der Waals surface area contributed by atoms with Crippen LogP contribution in [0.2, 0.25) is 5.02 Å². The lowest BCUT2D eigenvalue weighted by atomic mass is 10.2. The fourth-order valence-electron chi connectivity index (χ4n) is 2.79. The summed E-state index contributed by atoms with van der Waals surface area (Å²) in [6.07, 6.45) is -3.67. The lowest BCUT2D eigenvalue weighted by Gasteiger charge is -2.32. The number of carbonyl (C=O) groups is 1. The van der Waals surface area contributed by atoms with Crippen molar-refractivity contribution in [3.05, 3.63) is 34.2 Å². The number of hydrogen-bond acceptors (Lipinski definition) is 3. The maximum absolute atomic E-state index is 13.0. The van der Waals surface area contributed by atoms with Gasteiger partial charge < -0.3 is 9.80 Å². The number of halogens is 4. The normalized spacial score (nSPS) is 16.8. The fourth-order valence-corrected chi connectivity index (χ4v) is 3.04. The smallest absolute Gasteiger partial charge is 0.335 e. The Morgan fingerprint density at radius 2 is 1.88 bits per heavy atom. The molecule has 1 saturated heterocycles. The minimum Gasteiger partial charge on any atom is -0.335 e. The van der Waals surface area contributed by atoms with Gasteiger partial charge in [0.25, 0.3) is 5.91 Å². The lowest BCUT2D eigenvalue weighted by Crippen LogP contribution is -2.47. The molecular weight excluding hydrogens is 345 g/mol. The molecule has 0 spiro atoms. The van der Waals surface area contributed by atoms with Gasteiger partial charge in [0.15, 0.2) is 5.65 Å². The van der Waals surface area contributed by atoms with Crippen molar-refractivity contribution in [3.63, 3.8) is 0 Å². The molecule has 0 aliphatic carbocycles. The van der Waals surface area contributed by atoms with Gasteiger partial charge in [-0.15, -0.1) is 0 Å². The second-order valence-electron chi connectivity index (χ2n) is 5.91. The molecule has 0 unspecified atom stereocenters. The number of likely N-dealkylation sites (N-methyl/N-ethyl adjacent to an activating group) is 1. The number of alkyl halides is 3. The number of nitrogens with zero attached hydrogens (tertiary/aromatic N) is 4. The first-order valence-electron chi connectivity index (χ1n) is 7.41. The number of pyridine rings is 1. The van der Waals surface area contributed by atoms with Crippen molar-refractivity contribution >= 4 is 23.2 Å². The number of amides is 1. The molecule has 2 aromatic heterocycles. The second-order valence-corrected chi connectivity index (χ2v) is 6.32. The van der Waals surface area contributed by atoms with Gasteiger partial charge in [0.1, 0.15) is 5.69 Å². The summed E-state index contributed by atoms with van der Waals surface area (Å²) in [4.78, 5) is 20.7. The van der Waals surface area contributed by atoms with Gasteiger partial charge in [-0.2, -0.15) is 13.2 Å². The molecule has 5 nitrogen and oxygen atoms in total. The maximum atomic E-state index is 13.0. The molecule has 2 aromatic rings. The molecule has 1 aliphatic rings. The monoisotopic (exact) mass is 360 g/mol. The lowest BCUT2D eigenvalue weighted by molar-refractivity contribution is -0.137. The van der Waals surface area contributed by atoms with Crippen LogP contribution in [0.1, 0.15) is 21.7 Å². The molecule has 1 fully saturated rings. The van der Waals surface area contributed by atoms with Crippen molar-refractivity contribution in [1.82, 2.24) is 19.2 Å². The number of aryl methyl sites for hydroxylation is 1. The van der Waals surface area contributed by atoms with E-state index in [9.17, 15) is 18.0 Å². The van der Waals surface area contributed by atoms with Crippen LogP contribution in [0.3, 0.4) is 0 Å². The third kappa shape index (κ3) is 2.95. The van der Waals surface area contributed by atoms with E-state index >= 15 is 0 Å². The van der Waals surface area contributed by atoms with Gasteiger partial charge >= 0.3 is 6.18 Å². The van der Waals surface area contributed by atoms with Crippen LogP contribution in [0.5, 0.6) is 0 Å². The molecule has 9 heteroatoms. The molecule has 3 heterocycles. The van der Waals surface area contributed by atoms with Crippen LogP contribution in [0.4, 0.5) is 13.2 Å². The van der Waals surface area contributed by atoms with Crippen LogP contribution in [-0.2, 0) is 6.18 Å². The molecule has 0 atom stereocenters. The van der Waals surface area contributed by atoms with Crippen LogP contribution in [0, 0.1) is 6.92 Å². The highest BCUT2D eigenvalue weighted by molar-refractivity contribution is 6.33. The number of fused-ring (bicyclic) bond motifs is 1. The topological polar surface area (TPSA) is 40.9 Å². The summed E-state index contributed by atoms with van der Waals surface area (Å²) in [7, 11) is 1.96. The Morgan fingerprint density at radius 1 is 1.25 bits per heavy atom. The van der Waals surface area contributed by atoms with Gasteiger partial charge in [0, 0.05) is 32.4 Å². The minimum atomic E-state index is -4.55. The van der Waals surface area contributed by atoms with E-state index in [1.807, 2.05) is 7.05 Å². The summed E-state index contributed by atoms with van der Waals surface area (Å²) >= 11 is 5.95. The Bertz CT molecular complexity index is 794. The molecule has 0 bridgehead atoms. The maximum Gasteiger partial charge on any atom is 0.417 e. The average Bonchev–Trinajstić information content (AvgIpc) is 2.83. The molecule has 3 rings (SSSR count). The third-order valence-corrected chi connectivity index (χ3v) is 4.45. The van der Waals surface area contributed by atoms with Gasteiger partial charge in [-0.05, 0) is 20.0 Å². The highest BCUT2D eigenvalue weighted by Gasteiger charge is 2.33. The Kier molecular flexibility index (Phi) is 4.21. The van der Waals surface area contributed by atoms with Crippen molar-refractivity contribution in [2.75, 3.05) is 33.2 Å². The molecule has 0 saturated carbocycles. The van der Waals surface area contributed by atoms with Gasteiger partial charge in [-0.1, -0.05) is 11.6 Å². The van der Waals surface area contributed by atoms with Crippen molar-refractivity contribution in [2.45, 2.75) is 13.1 Å². The quantitative estimate of drug-likeness (QED) is 0.785. The second kappa shape index (κ2) is 5.93. The molecule has 24 heavy (non-hydrogen) atoms. The summed E-state index contributed by atoms with van der Waals surface area (Å²) in [5.41, 5.74) is -0.271. The highest BCUT2D eigenvalue weighted by Crippen LogP contribution is 2.33. The Morgan fingerprint density at radius 3 is 2.46 bits per heavy atom. The van der Waals surface area contributed by atoms with Gasteiger partial charge in [-0.3, -0.25) is 9.20 Å². The molecule has 1 aliphatic heterocycles. The number of aromatic nitrogens is 2. The van der Waals surface area contributed by atoms with Crippen LogP contribution in [0.15, 0.2) is 12.3 Å². The van der Waals surface area contributed by atoms with E-state index in [1.165, 1.54) is 0 Å². The predicted molar refractivity (Wildman–Crippen MR) is 83.3 cm³/mol. The number of rotatable bonds is 1. The van der Waals surface area contributed by atoms with Crippen molar-refractivity contribution in [2.24, 2.45) is 0 Å². The van der Waals surface area contributed by atoms with Crippen LogP contribution >= 0.6 is 11.6 Å². The van der Waals surface area contributed by atoms with Crippen molar-refractivity contribution in [3.8, 4) is 0 Å². The Hall–Kier alpha value is -1.80. The molecular formula is C15H16ClF3N4O. The zero-order valence-electron chi connectivity index (χ0n) is 13.2. The largest absolute Gasteiger partial charge is 0.417 e. The number of hydrogen-bond donors (Lipinski definition) is 0. The average molecular weight is 361 g/mol. The summed E-state index contributed by atoms with van der Waals surface area (Å²) in [6, 6.07) is 0.827. The molecule has 0 aromatic carbocycles. The zero-order valence-corrected chi connectivity index (χ0v) is 13.9. The SMILES string of the molecule is Cc1nc2c(Cl)cc(C(F)(F)F)cn2c1C(=O)N1CCN(C)CC1. The first-order valence-corrected chi connectivity index (χ1v) is 7.79. The Labute approximate surface area is 141 Å². The van der Waals surface area contributed by atoms with Gasteiger partial charge in [0.05, 0.1) is 16.3 Å². The minimum absolute atomic E-state index is 0.127. The summed E-state index contributed by atoms with van der Waals surface area (Å²) in [5.74, 6) is -0.330. The summed E-state index contributed by atoms with van der Waals surface area (Å²) in [5, 5.41) is -0.134. The first-order chi connectivity index (χ1) is 11.2. The van der Waals surface area contributed by atoms with E-state index in [2.05, 4.69) is 9.88 Å². The zero-order chi connectivity index (χ0) is 17.6. The Balaban J connectivity index is 2.08.